The predicted molar refractivity (Wildman–Crippen MR) is 107 cm³/mol. The van der Waals surface area contributed by atoms with Crippen LogP contribution in [0.4, 0.5) is 0 Å². The molecule has 8 nitrogen and oxygen atoms in total. The van der Waals surface area contributed by atoms with Crippen LogP contribution >= 0.6 is 0 Å². The summed E-state index contributed by atoms with van der Waals surface area (Å²) in [5.41, 5.74) is 2.62. The molecule has 29 heavy (non-hydrogen) atoms. The maximum Gasteiger partial charge on any atom is 0.246 e. The largest absolute Gasteiger partial charge is 0.359 e. The molecule has 0 aliphatic heterocycles. The zero-order valence-electron chi connectivity index (χ0n) is 17.3. The fourth-order valence-electron chi connectivity index (χ4n) is 3.80. The summed E-state index contributed by atoms with van der Waals surface area (Å²) in [5, 5.41) is 12.2. The number of aromatic nitrogens is 1. The Labute approximate surface area is 172 Å². The number of carbonyl (C=O) groups is 2. The third-order valence-electron chi connectivity index (χ3n) is 5.51. The lowest BCUT2D eigenvalue weighted by molar-refractivity contribution is -0.135. The van der Waals surface area contributed by atoms with Crippen LogP contribution in [0.25, 0.3) is 0 Å². The Balaban J connectivity index is 2.02. The normalized spacial score (nSPS) is 21.2. The third-order valence-corrected chi connectivity index (χ3v) is 5.51. The first-order chi connectivity index (χ1) is 14.0. The summed E-state index contributed by atoms with van der Waals surface area (Å²) >= 11 is 0. The molecule has 0 unspecified atom stereocenters. The fraction of sp³-hybridized carbons (Fsp3) is 0.667. The molecule has 162 valence electrons. The van der Waals surface area contributed by atoms with E-state index >= 15 is 0 Å². The van der Waals surface area contributed by atoms with Crippen molar-refractivity contribution in [2.24, 2.45) is 17.8 Å². The van der Waals surface area contributed by atoms with Crippen molar-refractivity contribution in [2.45, 2.75) is 51.5 Å². The summed E-state index contributed by atoms with van der Waals surface area (Å²) in [6.45, 7) is 2.55. The number of nitrogens with zero attached hydrogens (tertiary/aromatic N) is 1. The van der Waals surface area contributed by atoms with Gasteiger partial charge in [-0.05, 0) is 56.1 Å². The van der Waals surface area contributed by atoms with Crippen LogP contribution in [0.3, 0.4) is 0 Å². The number of nitrogens with one attached hydrogen (secondary N) is 2. The summed E-state index contributed by atoms with van der Waals surface area (Å²) < 4.78 is 10.4. The first-order valence-electron chi connectivity index (χ1n) is 10.2. The quantitative estimate of drug-likeness (QED) is 0.224. The first-order valence-corrected chi connectivity index (χ1v) is 10.2. The van der Waals surface area contributed by atoms with Crippen molar-refractivity contribution < 1.29 is 24.3 Å². The number of pyridine rings is 1. The molecule has 8 heteroatoms. The van der Waals surface area contributed by atoms with E-state index in [1.165, 1.54) is 7.11 Å². The number of amides is 2. The van der Waals surface area contributed by atoms with Crippen molar-refractivity contribution in [3.05, 3.63) is 30.1 Å². The standard InChI is InChI=1S/C21H33N3O5/c1-15-5-7-17(8-6-15)20(25)23-19(13-29-14-28-2)11-18(21(26)24-27)10-16-4-3-9-22-12-16/h3-4,9,12,15,17-19,27H,5-8,10-11,13-14H2,1-2H3,(H,23,25)(H,24,26)/t15?,17?,18-,19-/m0/s1. The summed E-state index contributed by atoms with van der Waals surface area (Å²) in [7, 11) is 1.53. The molecule has 2 rings (SSSR count). The highest BCUT2D eigenvalue weighted by Crippen LogP contribution is 2.28. The maximum absolute atomic E-state index is 12.8. The van der Waals surface area contributed by atoms with Gasteiger partial charge in [0.25, 0.3) is 0 Å². The third kappa shape index (κ3) is 8.08. The molecule has 3 N–H and O–H groups in total. The smallest absolute Gasteiger partial charge is 0.246 e. The number of carbonyl (C=O) groups excluding carboxylic acids is 2. The van der Waals surface area contributed by atoms with E-state index in [4.69, 9.17) is 14.7 Å². The zero-order chi connectivity index (χ0) is 21.1. The average molecular weight is 408 g/mol. The van der Waals surface area contributed by atoms with Crippen LogP contribution in [0.5, 0.6) is 0 Å². The zero-order valence-corrected chi connectivity index (χ0v) is 17.3. The Bertz CT molecular complexity index is 620. The Morgan fingerprint density at radius 2 is 2.07 bits per heavy atom. The van der Waals surface area contributed by atoms with Gasteiger partial charge in [0.05, 0.1) is 12.6 Å². The molecule has 1 saturated carbocycles. The van der Waals surface area contributed by atoms with Gasteiger partial charge in [0.15, 0.2) is 0 Å². The molecule has 0 bridgehead atoms. The van der Waals surface area contributed by atoms with E-state index < -0.39 is 11.8 Å². The minimum absolute atomic E-state index is 0.000401. The predicted octanol–water partition coefficient (Wildman–Crippen LogP) is 2.07. The van der Waals surface area contributed by atoms with E-state index in [9.17, 15) is 9.59 Å². The topological polar surface area (TPSA) is 110 Å². The van der Waals surface area contributed by atoms with Crippen LogP contribution in [0.2, 0.25) is 0 Å². The van der Waals surface area contributed by atoms with E-state index in [1.54, 1.807) is 23.9 Å². The van der Waals surface area contributed by atoms with Crippen LogP contribution in [0.15, 0.2) is 24.5 Å². The summed E-state index contributed by atoms with van der Waals surface area (Å²) in [4.78, 5) is 29.1. The summed E-state index contributed by atoms with van der Waals surface area (Å²) in [6.07, 6.45) is 7.97. The average Bonchev–Trinajstić information content (AvgIpc) is 2.74. The van der Waals surface area contributed by atoms with Crippen molar-refractivity contribution in [3.63, 3.8) is 0 Å². The van der Waals surface area contributed by atoms with E-state index in [0.29, 0.717) is 18.8 Å². The van der Waals surface area contributed by atoms with Gasteiger partial charge in [0.2, 0.25) is 11.8 Å². The number of hydroxylamine groups is 1. The molecule has 1 aromatic heterocycles. The molecule has 0 aromatic carbocycles. The number of hydrogen-bond donors (Lipinski definition) is 3. The van der Waals surface area contributed by atoms with Gasteiger partial charge in [-0.1, -0.05) is 13.0 Å². The van der Waals surface area contributed by atoms with E-state index in [-0.39, 0.29) is 31.3 Å². The Morgan fingerprint density at radius 3 is 2.69 bits per heavy atom. The second kappa shape index (κ2) is 12.5. The van der Waals surface area contributed by atoms with E-state index in [1.807, 2.05) is 6.07 Å². The lowest BCUT2D eigenvalue weighted by Gasteiger charge is -2.29. The highest BCUT2D eigenvalue weighted by atomic mass is 16.7. The van der Waals surface area contributed by atoms with Crippen molar-refractivity contribution in [1.82, 2.24) is 15.8 Å². The summed E-state index contributed by atoms with van der Waals surface area (Å²) in [5.74, 6) is -0.359. The van der Waals surface area contributed by atoms with Crippen molar-refractivity contribution in [3.8, 4) is 0 Å². The lowest BCUT2D eigenvalue weighted by atomic mass is 9.82. The van der Waals surface area contributed by atoms with Gasteiger partial charge in [0, 0.05) is 31.3 Å². The van der Waals surface area contributed by atoms with Crippen molar-refractivity contribution in [1.29, 1.82) is 0 Å². The second-order valence-electron chi connectivity index (χ2n) is 7.91. The molecule has 1 aromatic rings. The number of ether oxygens (including phenoxy) is 2. The highest BCUT2D eigenvalue weighted by molar-refractivity contribution is 5.80. The number of rotatable bonds is 11. The van der Waals surface area contributed by atoms with E-state index in [2.05, 4.69) is 17.2 Å². The fourth-order valence-corrected chi connectivity index (χ4v) is 3.80. The number of methoxy groups -OCH3 is 1. The SMILES string of the molecule is COCOC[C@H](C[C@H](Cc1cccnc1)C(=O)NO)NC(=O)C1CCC(C)CC1. The van der Waals surface area contributed by atoms with Gasteiger partial charge in [-0.15, -0.1) is 0 Å². The molecule has 0 radical (unpaired) electrons. The molecule has 1 fully saturated rings. The molecular weight excluding hydrogens is 374 g/mol. The van der Waals surface area contributed by atoms with Crippen molar-refractivity contribution in [2.75, 3.05) is 20.5 Å². The van der Waals surface area contributed by atoms with Gasteiger partial charge in [0.1, 0.15) is 6.79 Å². The molecule has 0 spiro atoms. The van der Waals surface area contributed by atoms with Crippen LogP contribution in [-0.2, 0) is 25.5 Å². The van der Waals surface area contributed by atoms with Gasteiger partial charge in [-0.25, -0.2) is 5.48 Å². The van der Waals surface area contributed by atoms with Crippen LogP contribution in [0.1, 0.15) is 44.6 Å². The van der Waals surface area contributed by atoms with Gasteiger partial charge in [-0.2, -0.15) is 0 Å². The van der Waals surface area contributed by atoms with Crippen LogP contribution < -0.4 is 10.8 Å². The Hall–Kier alpha value is -2.03. The summed E-state index contributed by atoms with van der Waals surface area (Å²) in [6, 6.07) is 3.31. The minimum Gasteiger partial charge on any atom is -0.359 e. The highest BCUT2D eigenvalue weighted by Gasteiger charge is 2.29. The van der Waals surface area contributed by atoms with Crippen LogP contribution in [-0.4, -0.2) is 48.6 Å². The molecule has 0 saturated heterocycles. The molecular formula is C21H33N3O5. The van der Waals surface area contributed by atoms with Crippen LogP contribution in [0, 0.1) is 17.8 Å². The lowest BCUT2D eigenvalue weighted by Crippen LogP contribution is -2.45. The monoisotopic (exact) mass is 407 g/mol. The Morgan fingerprint density at radius 1 is 1.31 bits per heavy atom. The molecule has 1 heterocycles. The van der Waals surface area contributed by atoms with Gasteiger partial charge < -0.3 is 14.8 Å². The van der Waals surface area contributed by atoms with Gasteiger partial charge in [-0.3, -0.25) is 19.8 Å². The molecule has 1 aliphatic carbocycles. The minimum atomic E-state index is -0.535. The van der Waals surface area contributed by atoms with Crippen molar-refractivity contribution >= 4 is 11.8 Å². The molecule has 2 amide bonds. The second-order valence-corrected chi connectivity index (χ2v) is 7.91. The van der Waals surface area contributed by atoms with E-state index in [0.717, 1.165) is 31.2 Å². The molecule has 2 atom stereocenters. The first kappa shape index (κ1) is 23.3. The maximum atomic E-state index is 12.8. The Kier molecular flexibility index (Phi) is 10.0. The molecule has 1 aliphatic rings. The number of hydrogen-bond acceptors (Lipinski definition) is 6. The van der Waals surface area contributed by atoms with Gasteiger partial charge >= 0.3 is 0 Å².